The Morgan fingerprint density at radius 3 is 2.86 bits per heavy atom. The van der Waals surface area contributed by atoms with Crippen LogP contribution in [0.2, 0.25) is 0 Å². The quantitative estimate of drug-likeness (QED) is 0.884. The summed E-state index contributed by atoms with van der Waals surface area (Å²) in [6, 6.07) is 3.65. The van der Waals surface area contributed by atoms with Crippen LogP contribution in [0.25, 0.3) is 0 Å². The average molecular weight is 315 g/mol. The fourth-order valence-corrected chi connectivity index (χ4v) is 3.82. The van der Waals surface area contributed by atoms with Gasteiger partial charge in [0.25, 0.3) is 5.56 Å². The van der Waals surface area contributed by atoms with Gasteiger partial charge in [0, 0.05) is 17.5 Å². The van der Waals surface area contributed by atoms with Gasteiger partial charge in [-0.15, -0.1) is 11.8 Å². The number of fused-ring (bicyclic) bond motifs is 1. The lowest BCUT2D eigenvalue weighted by Gasteiger charge is -2.19. The first-order valence-corrected chi connectivity index (χ1v) is 8.08. The normalized spacial score (nSPS) is 13.5. The van der Waals surface area contributed by atoms with Crippen molar-refractivity contribution in [2.75, 3.05) is 0 Å². The summed E-state index contributed by atoms with van der Waals surface area (Å²) in [4.78, 5) is 18.6. The molecule has 1 aliphatic carbocycles. The summed E-state index contributed by atoms with van der Waals surface area (Å²) in [5.74, 6) is 0.0719. The molecule has 3 rings (SSSR count). The van der Waals surface area contributed by atoms with Crippen LogP contribution in [0.1, 0.15) is 35.1 Å². The van der Waals surface area contributed by atoms with Crippen LogP contribution in [-0.2, 0) is 18.6 Å². The van der Waals surface area contributed by atoms with Gasteiger partial charge >= 0.3 is 0 Å². The van der Waals surface area contributed by atoms with E-state index in [1.807, 2.05) is 6.07 Å². The molecule has 0 fully saturated rings. The van der Waals surface area contributed by atoms with E-state index in [9.17, 15) is 14.4 Å². The molecule has 0 saturated carbocycles. The van der Waals surface area contributed by atoms with E-state index < -0.39 is 0 Å². The van der Waals surface area contributed by atoms with Crippen LogP contribution in [-0.4, -0.2) is 9.97 Å². The molecule has 0 aromatic carbocycles. The van der Waals surface area contributed by atoms with Gasteiger partial charge < -0.3 is 4.98 Å². The van der Waals surface area contributed by atoms with Crippen molar-refractivity contribution < 1.29 is 4.39 Å². The molecule has 2 aromatic rings. The van der Waals surface area contributed by atoms with Crippen molar-refractivity contribution in [2.24, 2.45) is 0 Å². The summed E-state index contributed by atoms with van der Waals surface area (Å²) < 4.78 is 13.6. The molecule has 22 heavy (non-hydrogen) atoms. The van der Waals surface area contributed by atoms with E-state index in [4.69, 9.17) is 0 Å². The highest BCUT2D eigenvalue weighted by Crippen LogP contribution is 2.31. The Balaban J connectivity index is 1.95. The number of nitriles is 1. The molecule has 2 heterocycles. The number of thioether (sulfide) groups is 1. The molecule has 1 aliphatic rings. The predicted molar refractivity (Wildman–Crippen MR) is 82.2 cm³/mol. The standard InChI is InChI=1S/C16H14FN3OS/c17-14-8-19-6-5-10(14)9-22-16-12-4-2-1-3-11(12)13(7-18)15(21)20-16/h5-6,8H,1-4,9H2,(H,20,21). The third kappa shape index (κ3) is 2.77. The minimum absolute atomic E-state index is 0.231. The van der Waals surface area contributed by atoms with Gasteiger partial charge in [-0.3, -0.25) is 9.78 Å². The fraction of sp³-hybridized carbons (Fsp3) is 0.312. The third-order valence-electron chi connectivity index (χ3n) is 3.84. The van der Waals surface area contributed by atoms with Crippen molar-refractivity contribution in [3.05, 3.63) is 56.9 Å². The molecule has 0 bridgehead atoms. The Morgan fingerprint density at radius 1 is 1.36 bits per heavy atom. The summed E-state index contributed by atoms with van der Waals surface area (Å²) in [6.45, 7) is 0. The summed E-state index contributed by atoms with van der Waals surface area (Å²) in [5.41, 5.74) is 2.35. The van der Waals surface area contributed by atoms with Gasteiger partial charge in [0.1, 0.15) is 17.4 Å². The summed E-state index contributed by atoms with van der Waals surface area (Å²) >= 11 is 1.40. The van der Waals surface area contributed by atoms with E-state index >= 15 is 0 Å². The van der Waals surface area contributed by atoms with Gasteiger partial charge in [0.2, 0.25) is 0 Å². The van der Waals surface area contributed by atoms with Gasteiger partial charge in [-0.25, -0.2) is 4.39 Å². The number of nitrogens with zero attached hydrogens (tertiary/aromatic N) is 2. The van der Waals surface area contributed by atoms with Gasteiger partial charge in [0.15, 0.2) is 0 Å². The lowest BCUT2D eigenvalue weighted by molar-refractivity contribution is 0.610. The zero-order valence-corrected chi connectivity index (χ0v) is 12.7. The maximum Gasteiger partial charge on any atom is 0.267 e. The number of hydrogen-bond donors (Lipinski definition) is 1. The third-order valence-corrected chi connectivity index (χ3v) is 4.93. The molecule has 112 valence electrons. The van der Waals surface area contributed by atoms with Crippen LogP contribution in [0.15, 0.2) is 28.3 Å². The highest BCUT2D eigenvalue weighted by atomic mass is 32.2. The second-order valence-electron chi connectivity index (χ2n) is 5.19. The second-order valence-corrected chi connectivity index (χ2v) is 6.18. The van der Waals surface area contributed by atoms with E-state index in [-0.39, 0.29) is 16.9 Å². The Labute approximate surface area is 131 Å². The van der Waals surface area contributed by atoms with Gasteiger partial charge in [0.05, 0.1) is 11.2 Å². The van der Waals surface area contributed by atoms with E-state index in [0.717, 1.165) is 41.8 Å². The monoisotopic (exact) mass is 315 g/mol. The molecule has 6 heteroatoms. The molecule has 0 unspecified atom stereocenters. The van der Waals surface area contributed by atoms with Crippen LogP contribution < -0.4 is 5.56 Å². The molecule has 0 radical (unpaired) electrons. The van der Waals surface area contributed by atoms with Gasteiger partial charge in [-0.2, -0.15) is 5.26 Å². The molecule has 0 saturated heterocycles. The average Bonchev–Trinajstić information content (AvgIpc) is 2.54. The number of rotatable bonds is 3. The number of H-pyrrole nitrogens is 1. The van der Waals surface area contributed by atoms with E-state index in [1.165, 1.54) is 18.0 Å². The molecule has 0 amide bonds. The Hall–Kier alpha value is -2.13. The van der Waals surface area contributed by atoms with Crippen molar-refractivity contribution >= 4 is 11.8 Å². The van der Waals surface area contributed by atoms with Crippen LogP contribution in [0, 0.1) is 17.1 Å². The van der Waals surface area contributed by atoms with Gasteiger partial charge in [-0.05, 0) is 42.9 Å². The van der Waals surface area contributed by atoms with Gasteiger partial charge in [-0.1, -0.05) is 0 Å². The minimum Gasteiger partial charge on any atom is -0.316 e. The highest BCUT2D eigenvalue weighted by molar-refractivity contribution is 7.98. The molecule has 0 spiro atoms. The zero-order chi connectivity index (χ0) is 15.5. The molecule has 0 aliphatic heterocycles. The molecule has 0 atom stereocenters. The van der Waals surface area contributed by atoms with Crippen molar-refractivity contribution in [2.45, 2.75) is 36.5 Å². The van der Waals surface area contributed by atoms with Crippen LogP contribution in [0.5, 0.6) is 0 Å². The smallest absolute Gasteiger partial charge is 0.267 e. The molecule has 4 nitrogen and oxygen atoms in total. The van der Waals surface area contributed by atoms with E-state index in [1.54, 1.807) is 12.3 Å². The number of halogens is 1. The van der Waals surface area contributed by atoms with Crippen molar-refractivity contribution in [3.63, 3.8) is 0 Å². The predicted octanol–water partition coefficient (Wildman–Crippen LogP) is 2.95. The largest absolute Gasteiger partial charge is 0.316 e. The van der Waals surface area contributed by atoms with Crippen LogP contribution >= 0.6 is 11.8 Å². The highest BCUT2D eigenvalue weighted by Gasteiger charge is 2.20. The van der Waals surface area contributed by atoms with Crippen LogP contribution in [0.3, 0.4) is 0 Å². The minimum atomic E-state index is -0.347. The Morgan fingerprint density at radius 2 is 2.14 bits per heavy atom. The van der Waals surface area contributed by atoms with Crippen LogP contribution in [0.4, 0.5) is 4.39 Å². The Bertz CT molecular complexity index is 810. The molecule has 2 aromatic heterocycles. The number of nitrogens with one attached hydrogen (secondary N) is 1. The first-order chi connectivity index (χ1) is 10.7. The van der Waals surface area contributed by atoms with E-state index in [2.05, 4.69) is 9.97 Å². The number of hydrogen-bond acceptors (Lipinski definition) is 4. The summed E-state index contributed by atoms with van der Waals surface area (Å²) in [7, 11) is 0. The molecular weight excluding hydrogens is 301 g/mol. The van der Waals surface area contributed by atoms with Crippen molar-refractivity contribution in [3.8, 4) is 6.07 Å². The maximum absolute atomic E-state index is 13.6. The lowest BCUT2D eigenvalue weighted by Crippen LogP contribution is -2.20. The van der Waals surface area contributed by atoms with Crippen molar-refractivity contribution in [1.29, 1.82) is 5.26 Å². The number of aromatic nitrogens is 2. The lowest BCUT2D eigenvalue weighted by atomic mass is 9.90. The second kappa shape index (κ2) is 6.32. The summed E-state index contributed by atoms with van der Waals surface area (Å²) in [5, 5.41) is 9.94. The topological polar surface area (TPSA) is 69.5 Å². The number of pyridine rings is 2. The van der Waals surface area contributed by atoms with Crippen molar-refractivity contribution in [1.82, 2.24) is 9.97 Å². The summed E-state index contributed by atoms with van der Waals surface area (Å²) in [6.07, 6.45) is 6.39. The first-order valence-electron chi connectivity index (χ1n) is 7.10. The molecular formula is C16H14FN3OS. The zero-order valence-electron chi connectivity index (χ0n) is 11.9. The number of aromatic amines is 1. The maximum atomic E-state index is 13.6. The van der Waals surface area contributed by atoms with E-state index in [0.29, 0.717) is 11.3 Å². The first kappa shape index (κ1) is 14.8. The SMILES string of the molecule is N#Cc1c2c(c(SCc3ccncc3F)[nH]c1=O)CCCC2. The molecule has 1 N–H and O–H groups in total. The Kier molecular flexibility index (Phi) is 4.25. The fourth-order valence-electron chi connectivity index (χ4n) is 2.72.